The molecule has 2 rings (SSSR count). The van der Waals surface area contributed by atoms with E-state index in [1.54, 1.807) is 30.3 Å². The first kappa shape index (κ1) is 10.9. The lowest BCUT2D eigenvalue weighted by Gasteiger charge is -2.13. The summed E-state index contributed by atoms with van der Waals surface area (Å²) in [6, 6.07) is 8.45. The van der Waals surface area contributed by atoms with E-state index >= 15 is 0 Å². The lowest BCUT2D eigenvalue weighted by atomic mass is 10.0. The van der Waals surface area contributed by atoms with Gasteiger partial charge in [0, 0.05) is 5.56 Å². The number of nitrogens with zero attached hydrogens (tertiary/aromatic N) is 4. The third-order valence-corrected chi connectivity index (χ3v) is 1.89. The van der Waals surface area contributed by atoms with Crippen molar-refractivity contribution in [2.75, 3.05) is 0 Å². The molecular formula is C8H8N4O3. The second kappa shape index (κ2) is 3.93. The van der Waals surface area contributed by atoms with E-state index in [0.717, 1.165) is 0 Å². The van der Waals surface area contributed by atoms with Crippen LogP contribution in [0.1, 0.15) is 5.56 Å². The molecule has 1 aromatic carbocycles. The molecule has 0 saturated carbocycles. The molecule has 1 heterocycles. The number of rotatable bonds is 2. The first-order chi connectivity index (χ1) is 6.76. The van der Waals surface area contributed by atoms with Crippen LogP contribution in [0.25, 0.3) is 0 Å². The number of carboxylic acid groups (broad SMARTS) is 1. The van der Waals surface area contributed by atoms with Crippen molar-refractivity contribution < 1.29 is 15.4 Å². The zero-order valence-corrected chi connectivity index (χ0v) is 7.53. The van der Waals surface area contributed by atoms with Gasteiger partial charge in [0.1, 0.15) is 0 Å². The highest BCUT2D eigenvalue weighted by Crippen LogP contribution is 2.32. The van der Waals surface area contributed by atoms with Gasteiger partial charge in [0.05, 0.1) is 0 Å². The largest absolute Gasteiger partial charge is 0.478 e. The molecule has 1 aliphatic heterocycles. The molecule has 0 radical (unpaired) electrons. The molecular weight excluding hydrogens is 200 g/mol. The van der Waals surface area contributed by atoms with Gasteiger partial charge in [0.2, 0.25) is 0 Å². The van der Waals surface area contributed by atoms with Crippen molar-refractivity contribution >= 4 is 5.97 Å². The maximum atomic E-state index is 11.0. The lowest BCUT2D eigenvalue weighted by Crippen LogP contribution is -2.29. The summed E-state index contributed by atoms with van der Waals surface area (Å²) < 4.78 is 0. The Morgan fingerprint density at radius 1 is 1.13 bits per heavy atom. The van der Waals surface area contributed by atoms with E-state index in [1.807, 2.05) is 0 Å². The van der Waals surface area contributed by atoms with E-state index in [2.05, 4.69) is 20.7 Å². The summed E-state index contributed by atoms with van der Waals surface area (Å²) in [4.78, 5) is 11.0. The predicted molar refractivity (Wildman–Crippen MR) is 49.1 cm³/mol. The van der Waals surface area contributed by atoms with Crippen LogP contribution in [-0.4, -0.2) is 16.6 Å². The Bertz CT molecular complexity index is 403. The van der Waals surface area contributed by atoms with Crippen LogP contribution in [0.5, 0.6) is 0 Å². The molecule has 0 amide bonds. The molecule has 0 saturated heterocycles. The summed E-state index contributed by atoms with van der Waals surface area (Å²) in [5.41, 5.74) is -1.24. The molecule has 0 aliphatic carbocycles. The number of aliphatic carboxylic acids is 1. The molecule has 0 fully saturated rings. The van der Waals surface area contributed by atoms with E-state index in [-0.39, 0.29) is 5.48 Å². The summed E-state index contributed by atoms with van der Waals surface area (Å²) in [6.07, 6.45) is 0. The molecule has 0 aromatic heterocycles. The van der Waals surface area contributed by atoms with Gasteiger partial charge in [0.25, 0.3) is 0 Å². The molecule has 3 N–H and O–H groups in total. The second-order valence-corrected chi connectivity index (χ2v) is 2.72. The minimum Gasteiger partial charge on any atom is -0.478 e. The van der Waals surface area contributed by atoms with Gasteiger partial charge in [-0.3, -0.25) is 0 Å². The Balaban J connectivity index is 0.00000112. The topological polar surface area (TPSA) is 118 Å². The average molecular weight is 208 g/mol. The van der Waals surface area contributed by atoms with Crippen molar-refractivity contribution in [2.45, 2.75) is 5.66 Å². The standard InChI is InChI=1S/C8H6N4O2.H2O/c13-7(14)8(9-11-12-10-8)6-4-2-1-3-5-6;/h1-5H,(H,13,14);1H2. The maximum Gasteiger partial charge on any atom is 0.363 e. The van der Waals surface area contributed by atoms with Gasteiger partial charge in [-0.2, -0.15) is 0 Å². The molecule has 1 aromatic rings. The Kier molecular flexibility index (Phi) is 2.86. The third-order valence-electron chi connectivity index (χ3n) is 1.89. The quantitative estimate of drug-likeness (QED) is 0.777. The molecule has 7 heteroatoms. The van der Waals surface area contributed by atoms with Crippen LogP contribution in [-0.2, 0) is 10.5 Å². The van der Waals surface area contributed by atoms with Crippen molar-refractivity contribution in [2.24, 2.45) is 20.7 Å². The predicted octanol–water partition coefficient (Wildman–Crippen LogP) is 0.932. The van der Waals surface area contributed by atoms with Crippen molar-refractivity contribution in [3.8, 4) is 0 Å². The van der Waals surface area contributed by atoms with Gasteiger partial charge >= 0.3 is 11.6 Å². The maximum absolute atomic E-state index is 11.0. The summed E-state index contributed by atoms with van der Waals surface area (Å²) in [5, 5.41) is 22.5. The van der Waals surface area contributed by atoms with Crippen LogP contribution in [0.15, 0.2) is 51.0 Å². The van der Waals surface area contributed by atoms with Crippen LogP contribution in [0, 0.1) is 0 Å². The minimum absolute atomic E-state index is 0. The fraction of sp³-hybridized carbons (Fsp3) is 0.125. The van der Waals surface area contributed by atoms with Gasteiger partial charge in [-0.15, -0.1) is 10.2 Å². The van der Waals surface area contributed by atoms with Crippen LogP contribution in [0.4, 0.5) is 0 Å². The highest BCUT2D eigenvalue weighted by molar-refractivity contribution is 5.80. The molecule has 15 heavy (non-hydrogen) atoms. The van der Waals surface area contributed by atoms with Crippen LogP contribution < -0.4 is 0 Å². The Labute approximate surface area is 84.5 Å². The van der Waals surface area contributed by atoms with Gasteiger partial charge in [-0.05, 0) is 10.4 Å². The van der Waals surface area contributed by atoms with Crippen LogP contribution in [0.3, 0.4) is 0 Å². The van der Waals surface area contributed by atoms with Crippen molar-refractivity contribution in [1.29, 1.82) is 0 Å². The Hall–Kier alpha value is -2.15. The summed E-state index contributed by atoms with van der Waals surface area (Å²) in [6.45, 7) is 0. The minimum atomic E-state index is -1.68. The number of hydrogen-bond donors (Lipinski definition) is 1. The highest BCUT2D eigenvalue weighted by atomic mass is 16.4. The van der Waals surface area contributed by atoms with Gasteiger partial charge in [-0.1, -0.05) is 30.3 Å². The third kappa shape index (κ3) is 1.59. The molecule has 0 spiro atoms. The fourth-order valence-electron chi connectivity index (χ4n) is 1.18. The van der Waals surface area contributed by atoms with E-state index in [1.165, 1.54) is 0 Å². The number of carbonyl (C=O) groups is 1. The summed E-state index contributed by atoms with van der Waals surface area (Å²) in [5.74, 6) is -1.19. The van der Waals surface area contributed by atoms with Gasteiger partial charge in [0.15, 0.2) is 0 Å². The van der Waals surface area contributed by atoms with Crippen molar-refractivity contribution in [3.05, 3.63) is 35.9 Å². The first-order valence-electron chi connectivity index (χ1n) is 3.89. The smallest absolute Gasteiger partial charge is 0.363 e. The van der Waals surface area contributed by atoms with Crippen molar-refractivity contribution in [3.63, 3.8) is 0 Å². The Morgan fingerprint density at radius 2 is 1.67 bits per heavy atom. The Morgan fingerprint density at radius 3 is 2.13 bits per heavy atom. The van der Waals surface area contributed by atoms with Crippen molar-refractivity contribution in [1.82, 2.24) is 0 Å². The van der Waals surface area contributed by atoms with E-state index in [0.29, 0.717) is 5.56 Å². The van der Waals surface area contributed by atoms with Gasteiger partial charge in [-0.25, -0.2) is 4.79 Å². The van der Waals surface area contributed by atoms with E-state index in [9.17, 15) is 4.79 Å². The zero-order valence-electron chi connectivity index (χ0n) is 7.53. The summed E-state index contributed by atoms with van der Waals surface area (Å²) in [7, 11) is 0. The lowest BCUT2D eigenvalue weighted by molar-refractivity contribution is -0.143. The molecule has 7 nitrogen and oxygen atoms in total. The zero-order chi connectivity index (χ0) is 10.0. The van der Waals surface area contributed by atoms with Crippen LogP contribution >= 0.6 is 0 Å². The van der Waals surface area contributed by atoms with E-state index < -0.39 is 11.6 Å². The molecule has 1 aliphatic rings. The van der Waals surface area contributed by atoms with Gasteiger partial charge < -0.3 is 10.6 Å². The molecule has 0 bridgehead atoms. The highest BCUT2D eigenvalue weighted by Gasteiger charge is 2.44. The SMILES string of the molecule is O.O=C(O)C1(c2ccccc2)N=NN=N1. The monoisotopic (exact) mass is 208 g/mol. The molecule has 78 valence electrons. The fourth-order valence-corrected chi connectivity index (χ4v) is 1.18. The number of benzene rings is 1. The molecule has 0 unspecified atom stereocenters. The first-order valence-corrected chi connectivity index (χ1v) is 3.89. The average Bonchev–Trinajstić information content (AvgIpc) is 2.69. The summed E-state index contributed by atoms with van der Waals surface area (Å²) >= 11 is 0. The molecule has 0 atom stereocenters. The van der Waals surface area contributed by atoms with E-state index in [4.69, 9.17) is 5.11 Å². The number of hydrogen-bond acceptors (Lipinski definition) is 5. The normalized spacial score (nSPS) is 16.0. The number of carboxylic acids is 1. The van der Waals surface area contributed by atoms with Crippen LogP contribution in [0.2, 0.25) is 0 Å². The second-order valence-electron chi connectivity index (χ2n) is 2.72.